The van der Waals surface area contributed by atoms with Crippen molar-refractivity contribution in [1.82, 2.24) is 0 Å². The van der Waals surface area contributed by atoms with Crippen LogP contribution >= 0.6 is 0 Å². The Morgan fingerprint density at radius 3 is 2.36 bits per heavy atom. The van der Waals surface area contributed by atoms with E-state index in [4.69, 9.17) is 9.66 Å². The average Bonchev–Trinajstić information content (AvgIpc) is 2.01. The third-order valence-electron chi connectivity index (χ3n) is 1.87. The minimum Gasteiger partial charge on any atom is -0.478 e. The molecule has 0 aromatic carbocycles. The highest BCUT2D eigenvalue weighted by Crippen LogP contribution is 2.08. The number of allylic oxidation sites excluding steroid dienone is 1. The summed E-state index contributed by atoms with van der Waals surface area (Å²) in [5.41, 5.74) is 0.174. The Hall–Kier alpha value is -0.880. The second kappa shape index (κ2) is 5.11. The van der Waals surface area contributed by atoms with E-state index in [1.165, 1.54) is 19.9 Å². The van der Waals surface area contributed by atoms with Gasteiger partial charge in [0, 0.05) is 5.57 Å². The molecule has 0 aromatic heterocycles. The molecular formula is C8H14O5S. The van der Waals surface area contributed by atoms with Crippen LogP contribution in [-0.4, -0.2) is 29.3 Å². The minimum absolute atomic E-state index is 0.174. The number of carboxylic acids is 1. The van der Waals surface area contributed by atoms with Crippen molar-refractivity contribution < 1.29 is 22.9 Å². The maximum absolute atomic E-state index is 10.6. The van der Waals surface area contributed by atoms with Crippen molar-refractivity contribution in [3.63, 3.8) is 0 Å². The van der Waals surface area contributed by atoms with Crippen LogP contribution in [0.4, 0.5) is 0 Å². The zero-order valence-corrected chi connectivity index (χ0v) is 8.91. The molecule has 0 rings (SSSR count). The molecule has 82 valence electrons. The molecule has 0 aliphatic carbocycles. The molecule has 0 heterocycles. The highest BCUT2D eigenvalue weighted by molar-refractivity contribution is 7.86. The maximum atomic E-state index is 10.6. The van der Waals surface area contributed by atoms with E-state index in [0.29, 0.717) is 6.42 Å². The van der Waals surface area contributed by atoms with Crippen molar-refractivity contribution in [3.8, 4) is 0 Å². The second-order valence-corrected chi connectivity index (χ2v) is 4.93. The zero-order valence-electron chi connectivity index (χ0n) is 8.10. The van der Waals surface area contributed by atoms with Gasteiger partial charge in [0.2, 0.25) is 0 Å². The minimum atomic E-state index is -4.00. The molecule has 2 N–H and O–H groups in total. The first-order chi connectivity index (χ1) is 6.25. The molecule has 0 radical (unpaired) electrons. The number of carbonyl (C=O) groups is 1. The number of carboxylic acid groups (broad SMARTS) is 1. The van der Waals surface area contributed by atoms with E-state index in [1.54, 1.807) is 0 Å². The largest absolute Gasteiger partial charge is 0.478 e. The van der Waals surface area contributed by atoms with Gasteiger partial charge in [-0.25, -0.2) is 4.79 Å². The van der Waals surface area contributed by atoms with Crippen LogP contribution in [0.3, 0.4) is 0 Å². The van der Waals surface area contributed by atoms with Gasteiger partial charge in [0.15, 0.2) is 0 Å². The van der Waals surface area contributed by atoms with Gasteiger partial charge in [-0.05, 0) is 26.7 Å². The van der Waals surface area contributed by atoms with Crippen LogP contribution in [0.1, 0.15) is 26.7 Å². The summed E-state index contributed by atoms with van der Waals surface area (Å²) in [5, 5.41) is 7.61. The Morgan fingerprint density at radius 2 is 2.00 bits per heavy atom. The Bertz CT molecular complexity index is 328. The first kappa shape index (κ1) is 13.1. The molecule has 0 amide bonds. The topological polar surface area (TPSA) is 91.7 Å². The normalized spacial score (nSPS) is 15.2. The van der Waals surface area contributed by atoms with Gasteiger partial charge in [0.25, 0.3) is 10.1 Å². The van der Waals surface area contributed by atoms with Gasteiger partial charge in [-0.2, -0.15) is 8.42 Å². The Kier molecular flexibility index (Phi) is 4.79. The van der Waals surface area contributed by atoms with Crippen molar-refractivity contribution in [2.75, 3.05) is 0 Å². The lowest BCUT2D eigenvalue weighted by molar-refractivity contribution is -0.132. The van der Waals surface area contributed by atoms with Crippen molar-refractivity contribution in [2.45, 2.75) is 31.9 Å². The fourth-order valence-corrected chi connectivity index (χ4v) is 1.20. The highest BCUT2D eigenvalue weighted by Gasteiger charge is 2.15. The summed E-state index contributed by atoms with van der Waals surface area (Å²) in [6, 6.07) is 0. The summed E-state index contributed by atoms with van der Waals surface area (Å²) < 4.78 is 29.7. The fraction of sp³-hybridized carbons (Fsp3) is 0.625. The molecule has 0 fully saturated rings. The molecule has 0 saturated carbocycles. The Balaban J connectivity index is 4.10. The summed E-state index contributed by atoms with van der Waals surface area (Å²) in [7, 11) is -4.00. The van der Waals surface area contributed by atoms with Crippen LogP contribution in [0, 0.1) is 0 Å². The molecule has 1 unspecified atom stereocenters. The number of hydrogen-bond acceptors (Lipinski definition) is 3. The smallest absolute Gasteiger partial charge is 0.330 e. The highest BCUT2D eigenvalue weighted by atomic mass is 32.2. The van der Waals surface area contributed by atoms with Gasteiger partial charge in [-0.3, -0.25) is 4.55 Å². The summed E-state index contributed by atoms with van der Waals surface area (Å²) in [4.78, 5) is 10.3. The first-order valence-electron chi connectivity index (χ1n) is 4.11. The SMILES string of the molecule is C/C(=C\CCC(C)S(=O)(=O)O)C(=O)O. The van der Waals surface area contributed by atoms with Gasteiger partial charge < -0.3 is 5.11 Å². The van der Waals surface area contributed by atoms with E-state index in [-0.39, 0.29) is 12.0 Å². The van der Waals surface area contributed by atoms with Gasteiger partial charge >= 0.3 is 5.97 Å². The molecule has 0 bridgehead atoms. The van der Waals surface area contributed by atoms with Gasteiger partial charge in [-0.15, -0.1) is 0 Å². The Morgan fingerprint density at radius 1 is 1.50 bits per heavy atom. The van der Waals surface area contributed by atoms with Crippen molar-refractivity contribution in [3.05, 3.63) is 11.6 Å². The first-order valence-corrected chi connectivity index (χ1v) is 5.62. The number of hydrogen-bond donors (Lipinski definition) is 2. The maximum Gasteiger partial charge on any atom is 0.330 e. The van der Waals surface area contributed by atoms with E-state index in [0.717, 1.165) is 0 Å². The zero-order chi connectivity index (χ0) is 11.4. The van der Waals surface area contributed by atoms with Crippen LogP contribution in [-0.2, 0) is 14.9 Å². The molecule has 14 heavy (non-hydrogen) atoms. The number of rotatable bonds is 5. The van der Waals surface area contributed by atoms with Gasteiger partial charge in [-0.1, -0.05) is 6.08 Å². The molecule has 0 saturated heterocycles. The van der Waals surface area contributed by atoms with Gasteiger partial charge in [0.1, 0.15) is 0 Å². The standard InChI is InChI=1S/C8H14O5S/c1-6(8(9)10)4-3-5-7(2)14(11,12)13/h4,7H,3,5H2,1-2H3,(H,9,10)(H,11,12,13)/b6-4+. The molecule has 0 aliphatic rings. The van der Waals surface area contributed by atoms with E-state index in [1.807, 2.05) is 0 Å². The van der Waals surface area contributed by atoms with Crippen LogP contribution < -0.4 is 0 Å². The lowest BCUT2D eigenvalue weighted by Gasteiger charge is -2.05. The van der Waals surface area contributed by atoms with E-state index in [9.17, 15) is 13.2 Å². The molecule has 5 nitrogen and oxygen atoms in total. The lowest BCUT2D eigenvalue weighted by atomic mass is 10.2. The molecule has 0 aromatic rings. The molecule has 0 spiro atoms. The average molecular weight is 222 g/mol. The third kappa shape index (κ3) is 4.98. The third-order valence-corrected chi connectivity index (χ3v) is 3.12. The van der Waals surface area contributed by atoms with Crippen LogP contribution in [0.2, 0.25) is 0 Å². The summed E-state index contributed by atoms with van der Waals surface area (Å²) >= 11 is 0. The van der Waals surface area contributed by atoms with Crippen molar-refractivity contribution >= 4 is 16.1 Å². The van der Waals surface area contributed by atoms with E-state index >= 15 is 0 Å². The quantitative estimate of drug-likeness (QED) is 0.536. The summed E-state index contributed by atoms with van der Waals surface area (Å²) in [5.74, 6) is -1.02. The van der Waals surface area contributed by atoms with Crippen LogP contribution in [0.25, 0.3) is 0 Å². The van der Waals surface area contributed by atoms with Crippen LogP contribution in [0.5, 0.6) is 0 Å². The van der Waals surface area contributed by atoms with Crippen molar-refractivity contribution in [2.24, 2.45) is 0 Å². The fourth-order valence-electron chi connectivity index (χ4n) is 0.771. The Labute approximate surface area is 83.2 Å². The second-order valence-electron chi connectivity index (χ2n) is 3.10. The van der Waals surface area contributed by atoms with Gasteiger partial charge in [0.05, 0.1) is 5.25 Å². The molecule has 0 aliphatic heterocycles. The van der Waals surface area contributed by atoms with Crippen molar-refractivity contribution in [1.29, 1.82) is 0 Å². The lowest BCUT2D eigenvalue weighted by Crippen LogP contribution is -2.15. The molecule has 6 heteroatoms. The summed E-state index contributed by atoms with van der Waals surface area (Å²) in [6.45, 7) is 2.81. The number of aliphatic carboxylic acids is 1. The molecule has 1 atom stereocenters. The van der Waals surface area contributed by atoms with E-state index < -0.39 is 21.3 Å². The monoisotopic (exact) mass is 222 g/mol. The van der Waals surface area contributed by atoms with E-state index in [2.05, 4.69) is 0 Å². The summed E-state index contributed by atoms with van der Waals surface area (Å²) in [6.07, 6.45) is 1.96. The van der Waals surface area contributed by atoms with Crippen LogP contribution in [0.15, 0.2) is 11.6 Å². The molecular weight excluding hydrogens is 208 g/mol. The predicted molar refractivity (Wildman–Crippen MR) is 51.6 cm³/mol. The predicted octanol–water partition coefficient (Wildman–Crippen LogP) is 1.07.